The van der Waals surface area contributed by atoms with Gasteiger partial charge < -0.3 is 15.0 Å². The summed E-state index contributed by atoms with van der Waals surface area (Å²) in [5, 5.41) is 14.9. The minimum Gasteiger partial charge on any atom is -0.449 e. The number of halogens is 1. The molecule has 2 aliphatic rings. The highest BCUT2D eigenvalue weighted by Gasteiger charge is 2.32. The molecule has 2 amide bonds. The number of carbonyl (C=O) groups is 2. The van der Waals surface area contributed by atoms with Crippen LogP contribution in [0.1, 0.15) is 27.3 Å². The van der Waals surface area contributed by atoms with Gasteiger partial charge in [-0.1, -0.05) is 6.07 Å². The first kappa shape index (κ1) is 20.6. The predicted octanol–water partition coefficient (Wildman–Crippen LogP) is 4.23. The lowest BCUT2D eigenvalue weighted by atomic mass is 9.88. The van der Waals surface area contributed by atoms with Crippen molar-refractivity contribution in [3.63, 3.8) is 0 Å². The molecule has 3 heterocycles. The van der Waals surface area contributed by atoms with E-state index in [1.165, 1.54) is 22.3 Å². The van der Waals surface area contributed by atoms with Gasteiger partial charge in [0.15, 0.2) is 0 Å². The smallest absolute Gasteiger partial charge is 0.409 e. The van der Waals surface area contributed by atoms with Crippen molar-refractivity contribution in [2.45, 2.75) is 25.4 Å². The maximum atomic E-state index is 12.9. The van der Waals surface area contributed by atoms with E-state index >= 15 is 0 Å². The van der Waals surface area contributed by atoms with Gasteiger partial charge in [-0.3, -0.25) is 4.79 Å². The highest BCUT2D eigenvalue weighted by atomic mass is 32.1. The number of alkyl halides is 1. The predicted molar refractivity (Wildman–Crippen MR) is 114 cm³/mol. The van der Waals surface area contributed by atoms with Crippen LogP contribution < -0.4 is 5.32 Å². The minimum absolute atomic E-state index is 0.105. The summed E-state index contributed by atoms with van der Waals surface area (Å²) in [6.45, 7) is 0.485. The van der Waals surface area contributed by atoms with E-state index in [4.69, 9.17) is 4.74 Å². The number of nitriles is 1. The van der Waals surface area contributed by atoms with Gasteiger partial charge in [-0.2, -0.15) is 5.26 Å². The summed E-state index contributed by atoms with van der Waals surface area (Å²) in [5.74, 6) is -0.124. The summed E-state index contributed by atoms with van der Waals surface area (Å²) in [7, 11) is 0. The van der Waals surface area contributed by atoms with Crippen molar-refractivity contribution in [2.75, 3.05) is 25.0 Å². The fraction of sp³-hybridized carbons (Fsp3) is 0.381. The van der Waals surface area contributed by atoms with E-state index < -0.39 is 12.3 Å². The second kappa shape index (κ2) is 8.98. The number of nitrogens with zero attached hydrogens (tertiary/aromatic N) is 2. The van der Waals surface area contributed by atoms with Crippen molar-refractivity contribution < 1.29 is 18.7 Å². The van der Waals surface area contributed by atoms with Crippen LogP contribution in [0.5, 0.6) is 0 Å². The number of thiophene rings is 2. The van der Waals surface area contributed by atoms with Crippen LogP contribution in [0.4, 0.5) is 14.2 Å². The zero-order valence-electron chi connectivity index (χ0n) is 16.1. The van der Waals surface area contributed by atoms with Gasteiger partial charge in [0.05, 0.1) is 25.3 Å². The molecule has 30 heavy (non-hydrogen) atoms. The summed E-state index contributed by atoms with van der Waals surface area (Å²) in [6.07, 6.45) is 3.98. The SMILES string of the molecule is N#Cc1c(NC(=O)/C=C/c2cccs2)sc2c1CCC(COC(=O)N1CC(F)C1)C2. The summed E-state index contributed by atoms with van der Waals surface area (Å²) in [6, 6.07) is 6.06. The molecule has 1 saturated heterocycles. The Morgan fingerprint density at radius 3 is 2.97 bits per heavy atom. The lowest BCUT2D eigenvalue weighted by Crippen LogP contribution is -2.51. The number of ether oxygens (including phenoxy) is 1. The number of rotatable bonds is 5. The Morgan fingerprint density at radius 2 is 2.27 bits per heavy atom. The Morgan fingerprint density at radius 1 is 1.43 bits per heavy atom. The number of carbonyl (C=O) groups excluding carboxylic acids is 2. The first-order valence-corrected chi connectivity index (χ1v) is 11.4. The van der Waals surface area contributed by atoms with Gasteiger partial charge in [-0.05, 0) is 48.3 Å². The van der Waals surface area contributed by atoms with E-state index in [0.717, 1.165) is 21.7 Å². The van der Waals surface area contributed by atoms with Gasteiger partial charge in [0.25, 0.3) is 0 Å². The van der Waals surface area contributed by atoms with Crippen LogP contribution >= 0.6 is 22.7 Å². The highest BCUT2D eigenvalue weighted by molar-refractivity contribution is 7.16. The van der Waals surface area contributed by atoms with Crippen LogP contribution in [-0.2, 0) is 22.4 Å². The summed E-state index contributed by atoms with van der Waals surface area (Å²) < 4.78 is 18.2. The first-order chi connectivity index (χ1) is 14.5. The number of likely N-dealkylation sites (tertiary alicyclic amines) is 1. The van der Waals surface area contributed by atoms with Gasteiger partial charge in [0, 0.05) is 15.8 Å². The Kier molecular flexibility index (Phi) is 6.16. The molecule has 1 unspecified atom stereocenters. The van der Waals surface area contributed by atoms with Gasteiger partial charge in [-0.25, -0.2) is 9.18 Å². The average Bonchev–Trinajstić information content (AvgIpc) is 3.34. The molecule has 0 spiro atoms. The molecule has 1 aliphatic carbocycles. The number of hydrogen-bond acceptors (Lipinski definition) is 6. The van der Waals surface area contributed by atoms with Crippen LogP contribution in [0.15, 0.2) is 23.6 Å². The maximum absolute atomic E-state index is 12.9. The third kappa shape index (κ3) is 4.55. The number of amides is 2. The molecule has 1 aliphatic heterocycles. The fourth-order valence-corrected chi connectivity index (χ4v) is 5.49. The van der Waals surface area contributed by atoms with E-state index in [2.05, 4.69) is 11.4 Å². The largest absolute Gasteiger partial charge is 0.449 e. The zero-order valence-corrected chi connectivity index (χ0v) is 17.7. The topological polar surface area (TPSA) is 82.4 Å². The van der Waals surface area contributed by atoms with E-state index in [-0.39, 0.29) is 31.5 Å². The van der Waals surface area contributed by atoms with Crippen LogP contribution in [0.2, 0.25) is 0 Å². The standard InChI is InChI=1S/C21H20FN3O3S2/c22-14-10-25(11-14)21(27)28-12-13-3-5-16-17(9-23)20(30-18(16)8-13)24-19(26)6-4-15-2-1-7-29-15/h1-2,4,6-7,13-14H,3,5,8,10-12H2,(H,24,26)/b6-4+. The molecule has 1 N–H and O–H groups in total. The third-order valence-corrected chi connectivity index (χ3v) is 7.20. The average molecular weight is 446 g/mol. The zero-order chi connectivity index (χ0) is 21.1. The molecule has 0 aromatic carbocycles. The highest BCUT2D eigenvalue weighted by Crippen LogP contribution is 2.39. The Labute approximate surface area is 181 Å². The van der Waals surface area contributed by atoms with E-state index in [1.54, 1.807) is 17.4 Å². The molecule has 2 aromatic rings. The fourth-order valence-electron chi connectivity index (χ4n) is 3.55. The molecule has 1 atom stereocenters. The molecule has 4 rings (SSSR count). The Bertz CT molecular complexity index is 1000. The molecule has 6 nitrogen and oxygen atoms in total. The van der Waals surface area contributed by atoms with Crippen molar-refractivity contribution in [3.8, 4) is 6.07 Å². The number of anilines is 1. The second-order valence-electron chi connectivity index (χ2n) is 7.35. The monoisotopic (exact) mass is 445 g/mol. The van der Waals surface area contributed by atoms with Gasteiger partial charge >= 0.3 is 6.09 Å². The molecule has 1 fully saturated rings. The molecule has 0 bridgehead atoms. The summed E-state index contributed by atoms with van der Waals surface area (Å²) in [5.41, 5.74) is 1.50. The third-order valence-electron chi connectivity index (χ3n) is 5.20. The van der Waals surface area contributed by atoms with Crippen molar-refractivity contribution in [2.24, 2.45) is 5.92 Å². The van der Waals surface area contributed by atoms with Gasteiger partial charge in [0.2, 0.25) is 5.91 Å². The first-order valence-electron chi connectivity index (χ1n) is 9.66. The van der Waals surface area contributed by atoms with Gasteiger partial charge in [-0.15, -0.1) is 22.7 Å². The molecule has 0 radical (unpaired) electrons. The van der Waals surface area contributed by atoms with E-state index in [1.807, 2.05) is 17.5 Å². The molecule has 156 valence electrons. The lowest BCUT2D eigenvalue weighted by molar-refractivity contribution is -0.111. The minimum atomic E-state index is -0.945. The van der Waals surface area contributed by atoms with E-state index in [0.29, 0.717) is 23.4 Å². The number of nitrogens with one attached hydrogen (secondary N) is 1. The summed E-state index contributed by atoms with van der Waals surface area (Å²) >= 11 is 2.95. The van der Waals surface area contributed by atoms with E-state index in [9.17, 15) is 19.2 Å². The quantitative estimate of drug-likeness (QED) is 0.699. The van der Waals surface area contributed by atoms with Crippen molar-refractivity contribution in [1.29, 1.82) is 5.26 Å². The van der Waals surface area contributed by atoms with Crippen molar-refractivity contribution in [3.05, 3.63) is 44.5 Å². The molecular weight excluding hydrogens is 425 g/mol. The second-order valence-corrected chi connectivity index (χ2v) is 9.43. The number of fused-ring (bicyclic) bond motifs is 1. The molecule has 0 saturated carbocycles. The lowest BCUT2D eigenvalue weighted by Gasteiger charge is -2.33. The molecule has 2 aromatic heterocycles. The van der Waals surface area contributed by atoms with Gasteiger partial charge in [0.1, 0.15) is 17.2 Å². The summed E-state index contributed by atoms with van der Waals surface area (Å²) in [4.78, 5) is 27.5. The van der Waals surface area contributed by atoms with Crippen LogP contribution in [0, 0.1) is 17.2 Å². The van der Waals surface area contributed by atoms with Crippen LogP contribution in [0.25, 0.3) is 6.08 Å². The Hall–Kier alpha value is -2.70. The normalized spacial score (nSPS) is 18.5. The van der Waals surface area contributed by atoms with Crippen LogP contribution in [0.3, 0.4) is 0 Å². The van der Waals surface area contributed by atoms with Crippen molar-refractivity contribution >= 4 is 45.8 Å². The molecular formula is C21H20FN3O3S2. The molecule has 9 heteroatoms. The maximum Gasteiger partial charge on any atom is 0.409 e. The number of hydrogen-bond donors (Lipinski definition) is 1. The Balaban J connectivity index is 1.36. The van der Waals surface area contributed by atoms with Crippen LogP contribution in [-0.4, -0.2) is 42.8 Å². The van der Waals surface area contributed by atoms with Crippen molar-refractivity contribution in [1.82, 2.24) is 4.90 Å².